The molecule has 0 unspecified atom stereocenters. The van der Waals surface area contributed by atoms with Crippen molar-refractivity contribution >= 4 is 32.8 Å². The van der Waals surface area contributed by atoms with Crippen LogP contribution in [0.15, 0.2) is 134 Å². The van der Waals surface area contributed by atoms with Gasteiger partial charge in [0.1, 0.15) is 5.82 Å². The zero-order valence-corrected chi connectivity index (χ0v) is 24.0. The van der Waals surface area contributed by atoms with Crippen LogP contribution in [0.3, 0.4) is 0 Å². The molecule has 0 saturated heterocycles. The van der Waals surface area contributed by atoms with E-state index in [-0.39, 0.29) is 5.41 Å². The number of hydrogen-bond acceptors (Lipinski definition) is 2. The van der Waals surface area contributed by atoms with Crippen molar-refractivity contribution in [2.45, 2.75) is 19.3 Å². The first kappa shape index (κ1) is 24.2. The highest BCUT2D eigenvalue weighted by Crippen LogP contribution is 2.48. The lowest BCUT2D eigenvalue weighted by Crippen LogP contribution is -2.26. The van der Waals surface area contributed by atoms with Gasteiger partial charge in [0.25, 0.3) is 0 Å². The lowest BCUT2D eigenvalue weighted by molar-refractivity contribution is 0.627. The van der Waals surface area contributed by atoms with Crippen molar-refractivity contribution in [3.05, 3.63) is 145 Å². The average molecular weight is 553 g/mol. The molecule has 4 heteroatoms. The van der Waals surface area contributed by atoms with E-state index in [0.29, 0.717) is 0 Å². The van der Waals surface area contributed by atoms with Gasteiger partial charge in [-0.2, -0.15) is 0 Å². The Morgan fingerprint density at radius 1 is 0.581 bits per heavy atom. The number of hydrogen-bond donors (Lipinski definition) is 0. The summed E-state index contributed by atoms with van der Waals surface area (Å²) in [6.45, 7) is 4.65. The van der Waals surface area contributed by atoms with E-state index in [1.54, 1.807) is 0 Å². The van der Waals surface area contributed by atoms with Crippen LogP contribution in [-0.4, -0.2) is 19.1 Å². The van der Waals surface area contributed by atoms with Crippen molar-refractivity contribution in [3.63, 3.8) is 0 Å². The molecule has 0 saturated carbocycles. The van der Waals surface area contributed by atoms with Gasteiger partial charge in [0, 0.05) is 45.4 Å². The summed E-state index contributed by atoms with van der Waals surface area (Å²) in [5.41, 5.74) is 12.8. The van der Waals surface area contributed by atoms with Crippen LogP contribution in [0, 0.1) is 0 Å². The van der Waals surface area contributed by atoms with E-state index in [1.807, 2.05) is 24.5 Å². The second-order valence-corrected chi connectivity index (χ2v) is 12.0. The Morgan fingerprint density at radius 3 is 2.16 bits per heavy atom. The number of aromatic nitrogens is 4. The number of nitrogens with zero attached hydrogens (tertiary/aromatic N) is 4. The molecule has 0 bridgehead atoms. The number of para-hydroxylation sites is 3. The van der Waals surface area contributed by atoms with Gasteiger partial charge >= 0.3 is 0 Å². The Balaban J connectivity index is 1.25. The Kier molecular flexibility index (Phi) is 4.92. The minimum atomic E-state index is -0.192. The molecule has 0 N–H and O–H groups in total. The van der Waals surface area contributed by atoms with Crippen LogP contribution in [-0.2, 0) is 5.41 Å². The summed E-state index contributed by atoms with van der Waals surface area (Å²) in [5, 5.41) is 2.56. The van der Waals surface area contributed by atoms with Gasteiger partial charge in [0.15, 0.2) is 0 Å². The smallest absolute Gasteiger partial charge is 0.145 e. The zero-order valence-electron chi connectivity index (χ0n) is 24.0. The van der Waals surface area contributed by atoms with Gasteiger partial charge in [-0.15, -0.1) is 0 Å². The molecule has 0 amide bonds. The maximum absolute atomic E-state index is 5.02. The molecule has 0 atom stereocenters. The standard InChI is InChI=1S/C39H28N4/c1-39(2)31-23-27(22-30-29-12-6-8-14-34(29)43(37(30)31)35-20-21-40-24-32(35)39)25-16-18-28(19-17-25)42-36-15-9-7-13-33(36)41-38(42)26-10-4-3-5-11-26/h3-24H,1-2H3. The van der Waals surface area contributed by atoms with Crippen molar-refractivity contribution in [3.8, 4) is 33.9 Å². The maximum Gasteiger partial charge on any atom is 0.145 e. The molecule has 5 aromatic carbocycles. The third kappa shape index (κ3) is 3.38. The lowest BCUT2D eigenvalue weighted by atomic mass is 9.74. The van der Waals surface area contributed by atoms with Crippen LogP contribution in [0.2, 0.25) is 0 Å². The van der Waals surface area contributed by atoms with Crippen molar-refractivity contribution in [2.24, 2.45) is 0 Å². The molecule has 4 heterocycles. The van der Waals surface area contributed by atoms with Gasteiger partial charge in [-0.3, -0.25) is 9.55 Å². The molecule has 1 aliphatic rings. The number of benzene rings is 5. The molecule has 8 aromatic rings. The van der Waals surface area contributed by atoms with Crippen molar-refractivity contribution in [1.29, 1.82) is 0 Å². The van der Waals surface area contributed by atoms with Crippen LogP contribution >= 0.6 is 0 Å². The van der Waals surface area contributed by atoms with Crippen molar-refractivity contribution in [2.75, 3.05) is 0 Å². The molecule has 0 fully saturated rings. The zero-order chi connectivity index (χ0) is 28.7. The summed E-state index contributed by atoms with van der Waals surface area (Å²) in [6.07, 6.45) is 3.95. The Bertz CT molecular complexity index is 2360. The number of fused-ring (bicyclic) bond motifs is 6. The van der Waals surface area contributed by atoms with E-state index in [2.05, 4.69) is 137 Å². The van der Waals surface area contributed by atoms with E-state index in [9.17, 15) is 0 Å². The highest BCUT2D eigenvalue weighted by molar-refractivity contribution is 6.12. The summed E-state index contributed by atoms with van der Waals surface area (Å²) in [4.78, 5) is 9.56. The minimum absolute atomic E-state index is 0.192. The summed E-state index contributed by atoms with van der Waals surface area (Å²) in [7, 11) is 0. The molecule has 0 radical (unpaired) electrons. The molecule has 1 aliphatic heterocycles. The summed E-state index contributed by atoms with van der Waals surface area (Å²) >= 11 is 0. The fourth-order valence-electron chi connectivity index (χ4n) is 7.07. The highest BCUT2D eigenvalue weighted by Gasteiger charge is 2.35. The predicted octanol–water partition coefficient (Wildman–Crippen LogP) is 9.49. The Hall–Kier alpha value is -5.48. The number of pyridine rings is 1. The average Bonchev–Trinajstić information content (AvgIpc) is 3.61. The normalized spacial score (nSPS) is 13.5. The van der Waals surface area contributed by atoms with Gasteiger partial charge in [0.2, 0.25) is 0 Å². The second kappa shape index (κ2) is 8.76. The van der Waals surface area contributed by atoms with Gasteiger partial charge in [-0.25, -0.2) is 4.98 Å². The van der Waals surface area contributed by atoms with Crippen LogP contribution in [0.4, 0.5) is 0 Å². The first-order valence-corrected chi connectivity index (χ1v) is 14.8. The Morgan fingerprint density at radius 2 is 1.33 bits per heavy atom. The molecule has 4 nitrogen and oxygen atoms in total. The van der Waals surface area contributed by atoms with Crippen LogP contribution < -0.4 is 0 Å². The van der Waals surface area contributed by atoms with Crippen molar-refractivity contribution in [1.82, 2.24) is 19.1 Å². The highest BCUT2D eigenvalue weighted by atomic mass is 15.1. The quantitative estimate of drug-likeness (QED) is 0.219. The fraction of sp³-hybridized carbons (Fsp3) is 0.0769. The molecular weight excluding hydrogens is 524 g/mol. The largest absolute Gasteiger partial charge is 0.309 e. The SMILES string of the molecule is CC1(C)c2cnccc2-n2c3ccccc3c3cc(-c4ccc(-n5c(-c6ccccc6)nc6ccccc65)cc4)cc1c32. The fourth-order valence-corrected chi connectivity index (χ4v) is 7.07. The van der Waals surface area contributed by atoms with Crippen LogP contribution in [0.25, 0.3) is 66.7 Å². The molecule has 204 valence electrons. The van der Waals surface area contributed by atoms with E-state index in [4.69, 9.17) is 4.98 Å². The number of rotatable bonds is 3. The maximum atomic E-state index is 5.02. The third-order valence-corrected chi connectivity index (χ3v) is 9.21. The molecule has 3 aromatic heterocycles. The van der Waals surface area contributed by atoms with E-state index < -0.39 is 0 Å². The van der Waals surface area contributed by atoms with Crippen LogP contribution in [0.1, 0.15) is 25.0 Å². The predicted molar refractivity (Wildman–Crippen MR) is 176 cm³/mol. The van der Waals surface area contributed by atoms with Crippen LogP contribution in [0.5, 0.6) is 0 Å². The Labute approximate surface area is 249 Å². The molecule has 0 spiro atoms. The first-order chi connectivity index (χ1) is 21.1. The molecular formula is C39H28N4. The van der Waals surface area contributed by atoms with E-state index in [0.717, 1.165) is 28.1 Å². The topological polar surface area (TPSA) is 35.6 Å². The van der Waals surface area contributed by atoms with Gasteiger partial charge < -0.3 is 4.57 Å². The summed E-state index contributed by atoms with van der Waals surface area (Å²) in [6, 6.07) is 43.4. The molecule has 43 heavy (non-hydrogen) atoms. The van der Waals surface area contributed by atoms with Gasteiger partial charge in [0.05, 0.1) is 27.8 Å². The summed E-state index contributed by atoms with van der Waals surface area (Å²) < 4.78 is 4.70. The summed E-state index contributed by atoms with van der Waals surface area (Å²) in [5.74, 6) is 0.947. The first-order valence-electron chi connectivity index (χ1n) is 14.8. The van der Waals surface area contributed by atoms with Crippen molar-refractivity contribution < 1.29 is 0 Å². The van der Waals surface area contributed by atoms with E-state index in [1.165, 1.54) is 49.7 Å². The van der Waals surface area contributed by atoms with E-state index >= 15 is 0 Å². The second-order valence-electron chi connectivity index (χ2n) is 12.0. The third-order valence-electron chi connectivity index (χ3n) is 9.21. The van der Waals surface area contributed by atoms with Gasteiger partial charge in [-0.1, -0.05) is 86.6 Å². The van der Waals surface area contributed by atoms with Gasteiger partial charge in [-0.05, 0) is 65.2 Å². The molecule has 9 rings (SSSR count). The molecule has 0 aliphatic carbocycles. The number of imidazole rings is 1. The minimum Gasteiger partial charge on any atom is -0.309 e. The monoisotopic (exact) mass is 552 g/mol. The lowest BCUT2D eigenvalue weighted by Gasteiger charge is -2.34.